The Labute approximate surface area is 77.7 Å². The Bertz CT molecular complexity index is 229. The van der Waals surface area contributed by atoms with Crippen LogP contribution in [0, 0.1) is 5.92 Å². The molecule has 0 amide bonds. The van der Waals surface area contributed by atoms with Gasteiger partial charge in [0.2, 0.25) is 0 Å². The molecule has 1 aliphatic rings. The summed E-state index contributed by atoms with van der Waals surface area (Å²) >= 11 is 0. The molecule has 1 saturated heterocycles. The average Bonchev–Trinajstić information content (AvgIpc) is 2.75. The van der Waals surface area contributed by atoms with Crippen LogP contribution in [0.5, 0.6) is 0 Å². The van der Waals surface area contributed by atoms with E-state index in [2.05, 4.69) is 15.5 Å². The highest BCUT2D eigenvalue weighted by molar-refractivity contribution is 5.01. The minimum absolute atomic E-state index is 0.701. The van der Waals surface area contributed by atoms with Crippen LogP contribution in [0.15, 0.2) is 12.4 Å². The van der Waals surface area contributed by atoms with Crippen molar-refractivity contribution in [2.24, 2.45) is 5.92 Å². The Morgan fingerprint density at radius 2 is 2.69 bits per heavy atom. The van der Waals surface area contributed by atoms with Gasteiger partial charge in [0.15, 0.2) is 0 Å². The molecule has 1 atom stereocenters. The Balaban J connectivity index is 1.63. The van der Waals surface area contributed by atoms with Crippen molar-refractivity contribution in [3.63, 3.8) is 0 Å². The zero-order valence-corrected chi connectivity index (χ0v) is 7.62. The summed E-state index contributed by atoms with van der Waals surface area (Å²) in [5.41, 5.74) is 1.21. The highest BCUT2D eigenvalue weighted by atomic mass is 16.5. The van der Waals surface area contributed by atoms with Crippen LogP contribution in [0.2, 0.25) is 0 Å². The summed E-state index contributed by atoms with van der Waals surface area (Å²) in [6.07, 6.45) is 4.95. The second-order valence-corrected chi connectivity index (χ2v) is 3.47. The highest BCUT2D eigenvalue weighted by Gasteiger charge is 2.14. The van der Waals surface area contributed by atoms with Crippen LogP contribution in [0.4, 0.5) is 0 Å². The van der Waals surface area contributed by atoms with Crippen molar-refractivity contribution in [3.8, 4) is 0 Å². The van der Waals surface area contributed by atoms with Crippen molar-refractivity contribution in [1.82, 2.24) is 15.5 Å². The van der Waals surface area contributed by atoms with Gasteiger partial charge in [0, 0.05) is 31.5 Å². The molecule has 4 heteroatoms. The van der Waals surface area contributed by atoms with Crippen molar-refractivity contribution in [1.29, 1.82) is 0 Å². The fourth-order valence-electron chi connectivity index (χ4n) is 1.54. The topological polar surface area (TPSA) is 49.9 Å². The molecular weight excluding hydrogens is 166 g/mol. The van der Waals surface area contributed by atoms with E-state index in [4.69, 9.17) is 4.74 Å². The van der Waals surface area contributed by atoms with E-state index >= 15 is 0 Å². The fraction of sp³-hybridized carbons (Fsp3) is 0.667. The van der Waals surface area contributed by atoms with E-state index in [1.807, 2.05) is 12.4 Å². The van der Waals surface area contributed by atoms with Gasteiger partial charge in [0.05, 0.1) is 12.8 Å². The quantitative estimate of drug-likeness (QED) is 0.712. The zero-order chi connectivity index (χ0) is 8.93. The van der Waals surface area contributed by atoms with Gasteiger partial charge in [-0.25, -0.2) is 0 Å². The van der Waals surface area contributed by atoms with Gasteiger partial charge >= 0.3 is 0 Å². The summed E-state index contributed by atoms with van der Waals surface area (Å²) < 4.78 is 5.29. The van der Waals surface area contributed by atoms with Gasteiger partial charge < -0.3 is 10.1 Å². The van der Waals surface area contributed by atoms with Crippen LogP contribution >= 0.6 is 0 Å². The third-order valence-corrected chi connectivity index (χ3v) is 2.34. The van der Waals surface area contributed by atoms with E-state index in [1.54, 1.807) is 0 Å². The number of nitrogens with zero attached hydrogens (tertiary/aromatic N) is 1. The Morgan fingerprint density at radius 3 is 3.38 bits per heavy atom. The highest BCUT2D eigenvalue weighted by Crippen LogP contribution is 2.10. The number of aromatic nitrogens is 2. The largest absolute Gasteiger partial charge is 0.381 e. The molecule has 1 aromatic rings. The van der Waals surface area contributed by atoms with Crippen LogP contribution in [-0.4, -0.2) is 30.0 Å². The summed E-state index contributed by atoms with van der Waals surface area (Å²) in [5.74, 6) is 0.701. The van der Waals surface area contributed by atoms with Gasteiger partial charge in [-0.1, -0.05) is 0 Å². The Morgan fingerprint density at radius 1 is 1.69 bits per heavy atom. The first kappa shape index (κ1) is 8.72. The molecule has 2 heterocycles. The maximum absolute atomic E-state index is 5.29. The lowest BCUT2D eigenvalue weighted by Crippen LogP contribution is -2.22. The summed E-state index contributed by atoms with van der Waals surface area (Å²) in [5, 5.41) is 10.1. The Kier molecular flexibility index (Phi) is 2.94. The SMILES string of the molecule is c1n[nH]cc1CNCC1CCOC1. The van der Waals surface area contributed by atoms with E-state index < -0.39 is 0 Å². The van der Waals surface area contributed by atoms with Crippen LogP contribution in [0.3, 0.4) is 0 Å². The average molecular weight is 181 g/mol. The van der Waals surface area contributed by atoms with Gasteiger partial charge in [-0.3, -0.25) is 5.10 Å². The third-order valence-electron chi connectivity index (χ3n) is 2.34. The lowest BCUT2D eigenvalue weighted by atomic mass is 10.1. The van der Waals surface area contributed by atoms with Crippen LogP contribution in [-0.2, 0) is 11.3 Å². The Hall–Kier alpha value is -0.870. The number of hydrogen-bond acceptors (Lipinski definition) is 3. The molecule has 4 nitrogen and oxygen atoms in total. The lowest BCUT2D eigenvalue weighted by molar-refractivity contribution is 0.185. The van der Waals surface area contributed by atoms with Gasteiger partial charge in [0.1, 0.15) is 0 Å². The normalized spacial score (nSPS) is 22.3. The molecule has 0 spiro atoms. The first-order valence-corrected chi connectivity index (χ1v) is 4.71. The number of hydrogen-bond donors (Lipinski definition) is 2. The van der Waals surface area contributed by atoms with Crippen molar-refractivity contribution < 1.29 is 4.74 Å². The molecule has 1 unspecified atom stereocenters. The zero-order valence-electron chi connectivity index (χ0n) is 7.62. The minimum Gasteiger partial charge on any atom is -0.381 e. The molecule has 1 aliphatic heterocycles. The van der Waals surface area contributed by atoms with Crippen LogP contribution < -0.4 is 5.32 Å². The van der Waals surface area contributed by atoms with E-state index in [0.29, 0.717) is 5.92 Å². The smallest absolute Gasteiger partial charge is 0.0532 e. The van der Waals surface area contributed by atoms with Gasteiger partial charge in [-0.15, -0.1) is 0 Å². The predicted octanol–water partition coefficient (Wildman–Crippen LogP) is 0.536. The minimum atomic E-state index is 0.701. The van der Waals surface area contributed by atoms with E-state index in [9.17, 15) is 0 Å². The van der Waals surface area contributed by atoms with Crippen molar-refractivity contribution in [3.05, 3.63) is 18.0 Å². The molecule has 1 fully saturated rings. The first-order valence-electron chi connectivity index (χ1n) is 4.71. The fourth-order valence-corrected chi connectivity index (χ4v) is 1.54. The van der Waals surface area contributed by atoms with Crippen LogP contribution in [0.1, 0.15) is 12.0 Å². The molecule has 2 N–H and O–H groups in total. The van der Waals surface area contributed by atoms with E-state index in [0.717, 1.165) is 26.3 Å². The maximum atomic E-state index is 5.29. The molecule has 0 aromatic carbocycles. The molecule has 0 aliphatic carbocycles. The third kappa shape index (κ3) is 2.54. The van der Waals surface area contributed by atoms with Crippen molar-refractivity contribution in [2.75, 3.05) is 19.8 Å². The summed E-state index contributed by atoms with van der Waals surface area (Å²) in [4.78, 5) is 0. The maximum Gasteiger partial charge on any atom is 0.0532 e. The number of aromatic amines is 1. The van der Waals surface area contributed by atoms with Crippen LogP contribution in [0.25, 0.3) is 0 Å². The monoisotopic (exact) mass is 181 g/mol. The first-order chi connectivity index (χ1) is 6.45. The number of rotatable bonds is 4. The number of nitrogens with one attached hydrogen (secondary N) is 2. The summed E-state index contributed by atoms with van der Waals surface area (Å²) in [6, 6.07) is 0. The lowest BCUT2D eigenvalue weighted by Gasteiger charge is -2.07. The summed E-state index contributed by atoms with van der Waals surface area (Å²) in [6.45, 7) is 3.79. The molecule has 72 valence electrons. The van der Waals surface area contributed by atoms with E-state index in [-0.39, 0.29) is 0 Å². The van der Waals surface area contributed by atoms with Gasteiger partial charge in [0.25, 0.3) is 0 Å². The van der Waals surface area contributed by atoms with Gasteiger partial charge in [-0.2, -0.15) is 5.10 Å². The van der Waals surface area contributed by atoms with Crippen molar-refractivity contribution >= 4 is 0 Å². The molecule has 0 bridgehead atoms. The number of H-pyrrole nitrogens is 1. The molecule has 2 rings (SSSR count). The number of ether oxygens (including phenoxy) is 1. The molecule has 0 saturated carbocycles. The molecule has 13 heavy (non-hydrogen) atoms. The second-order valence-electron chi connectivity index (χ2n) is 3.47. The van der Waals surface area contributed by atoms with Crippen molar-refractivity contribution in [2.45, 2.75) is 13.0 Å². The molecule has 0 radical (unpaired) electrons. The van der Waals surface area contributed by atoms with Gasteiger partial charge in [-0.05, 0) is 12.3 Å². The second kappa shape index (κ2) is 4.39. The molecule has 1 aromatic heterocycles. The summed E-state index contributed by atoms with van der Waals surface area (Å²) in [7, 11) is 0. The standard InChI is InChI=1S/C9H15N3O/c1-2-13-7-8(1)3-10-4-9-5-11-12-6-9/h5-6,8,10H,1-4,7H2,(H,11,12). The predicted molar refractivity (Wildman–Crippen MR) is 49.2 cm³/mol. The molecular formula is C9H15N3O. The van der Waals surface area contributed by atoms with E-state index in [1.165, 1.54) is 12.0 Å².